The van der Waals surface area contributed by atoms with Crippen LogP contribution in [0.2, 0.25) is 0 Å². The van der Waals surface area contributed by atoms with Crippen LogP contribution in [0, 0.1) is 6.07 Å². The number of halogens is 6. The molecule has 0 fully saturated rings. The van der Waals surface area contributed by atoms with E-state index in [-0.39, 0.29) is 0 Å². The Morgan fingerprint density at radius 1 is 0.938 bits per heavy atom. The summed E-state index contributed by atoms with van der Waals surface area (Å²) in [6.07, 6.45) is 0. The van der Waals surface area contributed by atoms with Gasteiger partial charge in [0, 0.05) is 0 Å². The third-order valence-corrected chi connectivity index (χ3v) is 1.01. The molecule has 0 saturated heterocycles. The van der Waals surface area contributed by atoms with Gasteiger partial charge in [-0.1, -0.05) is 23.0 Å². The molecule has 1 aromatic carbocycles. The molecule has 0 aromatic heterocycles. The molecule has 1 rings (SSSR count). The molecule has 0 saturated carbocycles. The Balaban J connectivity index is 0.000000293. The van der Waals surface area contributed by atoms with Crippen LogP contribution in [0.5, 0.6) is 0 Å². The Labute approximate surface area is 87.8 Å². The second-order valence-corrected chi connectivity index (χ2v) is 4.58. The van der Waals surface area contributed by atoms with E-state index < -0.39 is 7.81 Å². The number of rotatable bonds is 0. The quantitative estimate of drug-likeness (QED) is 0.437. The SMILES string of the molecule is C[N+]#Cc1ccccc1.F[P-](F)(F)(F)(F)F. The van der Waals surface area contributed by atoms with Gasteiger partial charge in [-0.05, 0) is 12.1 Å². The first-order valence-corrected chi connectivity index (χ1v) is 5.87. The van der Waals surface area contributed by atoms with E-state index in [2.05, 4.69) is 10.9 Å². The van der Waals surface area contributed by atoms with Crippen molar-refractivity contribution in [3.63, 3.8) is 0 Å². The molecule has 0 N–H and O–H groups in total. The molecule has 0 aliphatic rings. The zero-order chi connectivity index (χ0) is 12.9. The van der Waals surface area contributed by atoms with Crippen molar-refractivity contribution in [3.8, 4) is 6.07 Å². The van der Waals surface area contributed by atoms with Gasteiger partial charge in [0.15, 0.2) is 0 Å². The predicted octanol–water partition coefficient (Wildman–Crippen LogP) is 5.38. The standard InChI is InChI=1S/C8H8N.F6P/c1-9-7-8-5-3-2-4-6-8;1-7(2,3,4,5)6/h2-6H,1H3;/q+1;-1. The molecule has 0 amide bonds. The molecule has 0 unspecified atom stereocenters. The molecular formula is C8H8F6NP. The maximum absolute atomic E-state index is 10.7. The molecule has 0 bridgehead atoms. The van der Waals surface area contributed by atoms with E-state index in [1.807, 2.05) is 30.3 Å². The van der Waals surface area contributed by atoms with Crippen LogP contribution in [-0.4, -0.2) is 7.05 Å². The van der Waals surface area contributed by atoms with E-state index in [0.717, 1.165) is 5.56 Å². The summed E-state index contributed by atoms with van der Waals surface area (Å²) in [6.45, 7) is 0. The fraction of sp³-hybridized carbons (Fsp3) is 0.125. The van der Waals surface area contributed by atoms with Gasteiger partial charge in [-0.3, -0.25) is 0 Å². The Hall–Kier alpha value is -1.28. The summed E-state index contributed by atoms with van der Waals surface area (Å²) in [5.74, 6) is 0. The summed E-state index contributed by atoms with van der Waals surface area (Å²) in [5.41, 5.74) is 1.03. The zero-order valence-corrected chi connectivity index (χ0v) is 8.94. The van der Waals surface area contributed by atoms with Gasteiger partial charge in [-0.2, -0.15) is 0 Å². The van der Waals surface area contributed by atoms with E-state index in [0.29, 0.717) is 0 Å². The molecule has 0 aliphatic heterocycles. The maximum atomic E-state index is 9.87. The first kappa shape index (κ1) is 14.7. The van der Waals surface area contributed by atoms with Crippen molar-refractivity contribution in [2.24, 2.45) is 0 Å². The van der Waals surface area contributed by atoms with E-state index in [4.69, 9.17) is 0 Å². The van der Waals surface area contributed by atoms with Gasteiger partial charge < -0.3 is 0 Å². The molecule has 0 spiro atoms. The van der Waals surface area contributed by atoms with Crippen LogP contribution in [-0.2, 0) is 0 Å². The summed E-state index contributed by atoms with van der Waals surface area (Å²) in [6, 6.07) is 12.7. The van der Waals surface area contributed by atoms with Crippen LogP contribution < -0.4 is 0 Å². The Morgan fingerprint density at radius 2 is 1.31 bits per heavy atom. The van der Waals surface area contributed by atoms with Gasteiger partial charge in [0.2, 0.25) is 0 Å². The molecule has 1 aromatic rings. The second-order valence-electron chi connectivity index (χ2n) is 2.66. The average molecular weight is 263 g/mol. The van der Waals surface area contributed by atoms with Crippen molar-refractivity contribution in [3.05, 3.63) is 40.7 Å². The first-order valence-electron chi connectivity index (χ1n) is 3.85. The Morgan fingerprint density at radius 3 is 1.62 bits per heavy atom. The van der Waals surface area contributed by atoms with Gasteiger partial charge in [-0.25, -0.2) is 0 Å². The van der Waals surface area contributed by atoms with E-state index >= 15 is 0 Å². The summed E-state index contributed by atoms with van der Waals surface area (Å²) in [4.78, 5) is 3.76. The minimum absolute atomic E-state index is 1.03. The Bertz CT molecular complexity index is 386. The number of hydrogen-bond donors (Lipinski definition) is 0. The molecule has 16 heavy (non-hydrogen) atoms. The molecule has 92 valence electrons. The van der Waals surface area contributed by atoms with Crippen molar-refractivity contribution < 1.29 is 25.2 Å². The molecule has 0 radical (unpaired) electrons. The van der Waals surface area contributed by atoms with Crippen molar-refractivity contribution in [1.82, 2.24) is 0 Å². The van der Waals surface area contributed by atoms with Crippen molar-refractivity contribution in [1.29, 1.82) is 0 Å². The van der Waals surface area contributed by atoms with Crippen molar-refractivity contribution in [2.45, 2.75) is 0 Å². The fourth-order valence-corrected chi connectivity index (χ4v) is 0.642. The summed E-state index contributed by atoms with van der Waals surface area (Å²) >= 11 is 0. The van der Waals surface area contributed by atoms with E-state index in [9.17, 15) is 25.2 Å². The number of nitrogens with zero attached hydrogens (tertiary/aromatic N) is 1. The fourth-order valence-electron chi connectivity index (χ4n) is 0.642. The molecular weight excluding hydrogens is 255 g/mol. The monoisotopic (exact) mass is 263 g/mol. The molecule has 0 heterocycles. The van der Waals surface area contributed by atoms with Gasteiger partial charge >= 0.3 is 39.1 Å². The van der Waals surface area contributed by atoms with Crippen LogP contribution in [0.15, 0.2) is 30.3 Å². The van der Waals surface area contributed by atoms with Crippen molar-refractivity contribution >= 4 is 7.81 Å². The number of hydrogen-bond acceptors (Lipinski definition) is 0. The topological polar surface area (TPSA) is 4.36 Å². The van der Waals surface area contributed by atoms with Gasteiger partial charge in [-0.15, -0.1) is 0 Å². The van der Waals surface area contributed by atoms with Gasteiger partial charge in [0.25, 0.3) is 7.05 Å². The first-order chi connectivity index (χ1) is 6.88. The van der Waals surface area contributed by atoms with Crippen LogP contribution in [0.25, 0.3) is 4.85 Å². The second kappa shape index (κ2) is 3.95. The summed E-state index contributed by atoms with van der Waals surface area (Å²) in [5, 5.41) is 0. The predicted molar refractivity (Wildman–Crippen MR) is 52.3 cm³/mol. The number of benzene rings is 1. The van der Waals surface area contributed by atoms with Crippen LogP contribution >= 0.6 is 7.81 Å². The third-order valence-electron chi connectivity index (χ3n) is 1.01. The van der Waals surface area contributed by atoms with Crippen LogP contribution in [0.3, 0.4) is 0 Å². The molecule has 0 atom stereocenters. The zero-order valence-electron chi connectivity index (χ0n) is 8.05. The van der Waals surface area contributed by atoms with Crippen LogP contribution in [0.4, 0.5) is 25.2 Å². The van der Waals surface area contributed by atoms with Crippen LogP contribution in [0.1, 0.15) is 5.56 Å². The van der Waals surface area contributed by atoms with Crippen molar-refractivity contribution in [2.75, 3.05) is 7.05 Å². The summed E-state index contributed by atoms with van der Waals surface area (Å²) < 4.78 is 59.2. The van der Waals surface area contributed by atoms with Gasteiger partial charge in [0.05, 0.1) is 0 Å². The average Bonchev–Trinajstić information content (AvgIpc) is 2.01. The normalized spacial score (nSPS) is 14.4. The van der Waals surface area contributed by atoms with Gasteiger partial charge in [0.1, 0.15) is 5.56 Å². The van der Waals surface area contributed by atoms with E-state index in [1.165, 1.54) is 0 Å². The molecule has 8 heteroatoms. The molecule has 0 aliphatic carbocycles. The van der Waals surface area contributed by atoms with E-state index in [1.54, 1.807) is 7.05 Å². The molecule has 1 nitrogen and oxygen atoms in total. The Kier molecular flexibility index (Phi) is 3.63. The minimum atomic E-state index is -10.7. The summed E-state index contributed by atoms with van der Waals surface area (Å²) in [7, 11) is -8.94. The third kappa shape index (κ3) is 18.5.